The fourth-order valence-electron chi connectivity index (χ4n) is 3.99. The molecule has 0 radical (unpaired) electrons. The van der Waals surface area contributed by atoms with Gasteiger partial charge in [-0.2, -0.15) is 4.31 Å². The zero-order chi connectivity index (χ0) is 21.6. The van der Waals surface area contributed by atoms with Gasteiger partial charge in [-0.3, -0.25) is 4.90 Å². The number of carbonyl (C=O) groups is 1. The van der Waals surface area contributed by atoms with E-state index in [-0.39, 0.29) is 45.7 Å². The first kappa shape index (κ1) is 21.7. The molecule has 2 aromatic carbocycles. The molecule has 6 nitrogen and oxygen atoms in total. The lowest BCUT2D eigenvalue weighted by Gasteiger charge is -2.40. The van der Waals surface area contributed by atoms with E-state index in [9.17, 15) is 13.2 Å². The topological polar surface area (TPSA) is 66.9 Å². The van der Waals surface area contributed by atoms with Gasteiger partial charge in [-0.05, 0) is 37.5 Å². The van der Waals surface area contributed by atoms with Crippen LogP contribution >= 0.6 is 34.8 Å². The molecule has 4 rings (SSSR count). The molecule has 160 valence electrons. The normalized spacial score (nSPS) is 18.3. The molecule has 0 atom stereocenters. The second-order valence-electron chi connectivity index (χ2n) is 7.34. The number of carbonyl (C=O) groups excluding carboxylic acids is 1. The second kappa shape index (κ2) is 8.20. The van der Waals surface area contributed by atoms with Gasteiger partial charge in [0.25, 0.3) is 0 Å². The molecule has 1 saturated heterocycles. The monoisotopic (exact) mass is 488 g/mol. The zero-order valence-corrected chi connectivity index (χ0v) is 19.2. The number of benzene rings is 2. The Bertz CT molecular complexity index is 1120. The SMILES string of the molecule is Cc1cccc2c1N(C1CCN(S(=O)(=O)c3cc(Cl)c(Cl)cc3Cl)CC1)C(=O)OC2. The number of rotatable bonds is 3. The number of fused-ring (bicyclic) bond motifs is 1. The highest BCUT2D eigenvalue weighted by Crippen LogP contribution is 2.37. The van der Waals surface area contributed by atoms with Crippen molar-refractivity contribution in [3.05, 3.63) is 56.5 Å². The summed E-state index contributed by atoms with van der Waals surface area (Å²) >= 11 is 18.1. The molecule has 2 heterocycles. The number of para-hydroxylation sites is 1. The third-order valence-electron chi connectivity index (χ3n) is 5.49. The zero-order valence-electron chi connectivity index (χ0n) is 16.1. The van der Waals surface area contributed by atoms with Crippen LogP contribution in [-0.4, -0.2) is 37.9 Å². The number of amides is 1. The van der Waals surface area contributed by atoms with Gasteiger partial charge in [0.1, 0.15) is 11.5 Å². The van der Waals surface area contributed by atoms with E-state index in [1.807, 2.05) is 25.1 Å². The molecule has 2 aliphatic rings. The van der Waals surface area contributed by atoms with Crippen LogP contribution in [0.1, 0.15) is 24.0 Å². The Hall–Kier alpha value is -1.51. The van der Waals surface area contributed by atoms with E-state index in [1.165, 1.54) is 16.4 Å². The fourth-order valence-corrected chi connectivity index (χ4v) is 6.44. The first-order valence-electron chi connectivity index (χ1n) is 9.39. The lowest BCUT2D eigenvalue weighted by molar-refractivity contribution is 0.135. The minimum atomic E-state index is -3.84. The average molecular weight is 490 g/mol. The summed E-state index contributed by atoms with van der Waals surface area (Å²) in [6.07, 6.45) is 0.549. The van der Waals surface area contributed by atoms with E-state index < -0.39 is 16.1 Å². The molecule has 30 heavy (non-hydrogen) atoms. The number of anilines is 1. The summed E-state index contributed by atoms with van der Waals surface area (Å²) in [4.78, 5) is 14.1. The maximum absolute atomic E-state index is 13.1. The Labute approximate surface area is 190 Å². The number of nitrogens with zero attached hydrogens (tertiary/aromatic N) is 2. The van der Waals surface area contributed by atoms with Gasteiger partial charge in [0.05, 0.1) is 20.8 Å². The highest BCUT2D eigenvalue weighted by Gasteiger charge is 2.38. The van der Waals surface area contributed by atoms with E-state index >= 15 is 0 Å². The molecular formula is C20H19Cl3N2O4S. The van der Waals surface area contributed by atoms with E-state index in [0.29, 0.717) is 12.8 Å². The van der Waals surface area contributed by atoms with Crippen molar-refractivity contribution in [1.82, 2.24) is 4.31 Å². The summed E-state index contributed by atoms with van der Waals surface area (Å²) in [6.45, 7) is 2.69. The molecule has 0 bridgehead atoms. The van der Waals surface area contributed by atoms with Crippen molar-refractivity contribution < 1.29 is 17.9 Å². The van der Waals surface area contributed by atoms with Crippen molar-refractivity contribution in [2.75, 3.05) is 18.0 Å². The first-order chi connectivity index (χ1) is 14.2. The Morgan fingerprint density at radius 1 is 1.03 bits per heavy atom. The van der Waals surface area contributed by atoms with Crippen molar-refractivity contribution in [3.8, 4) is 0 Å². The second-order valence-corrected chi connectivity index (χ2v) is 10.5. The maximum atomic E-state index is 13.1. The largest absolute Gasteiger partial charge is 0.444 e. The highest BCUT2D eigenvalue weighted by molar-refractivity contribution is 7.89. The van der Waals surface area contributed by atoms with Crippen LogP contribution in [-0.2, 0) is 21.4 Å². The van der Waals surface area contributed by atoms with Gasteiger partial charge in [0.15, 0.2) is 0 Å². The summed E-state index contributed by atoms with van der Waals surface area (Å²) in [7, 11) is -3.84. The molecule has 2 aromatic rings. The Morgan fingerprint density at radius 2 is 1.70 bits per heavy atom. The molecule has 0 N–H and O–H groups in total. The Kier molecular flexibility index (Phi) is 5.94. The minimum absolute atomic E-state index is 0.0238. The van der Waals surface area contributed by atoms with Gasteiger partial charge in [-0.15, -0.1) is 0 Å². The molecule has 0 saturated carbocycles. The molecule has 0 spiro atoms. The summed E-state index contributed by atoms with van der Waals surface area (Å²) in [5.74, 6) is 0. The van der Waals surface area contributed by atoms with E-state index in [4.69, 9.17) is 39.5 Å². The Balaban J connectivity index is 1.57. The number of piperidine rings is 1. The van der Waals surface area contributed by atoms with E-state index in [1.54, 1.807) is 4.90 Å². The standard InChI is InChI=1S/C20H19Cl3N2O4S/c1-12-3-2-4-13-11-29-20(26)25(19(12)13)14-5-7-24(8-6-14)30(27,28)18-10-16(22)15(21)9-17(18)23/h2-4,9-10,14H,5-8,11H2,1H3. The van der Waals surface area contributed by atoms with Crippen LogP contribution in [0.25, 0.3) is 0 Å². The summed E-state index contributed by atoms with van der Waals surface area (Å²) < 4.78 is 32.9. The number of aryl methyl sites for hydroxylation is 1. The van der Waals surface area contributed by atoms with Crippen molar-refractivity contribution >= 4 is 56.6 Å². The third-order valence-corrected chi connectivity index (χ3v) is 8.58. The van der Waals surface area contributed by atoms with Crippen LogP contribution in [0, 0.1) is 6.92 Å². The van der Waals surface area contributed by atoms with Gasteiger partial charge in [-0.1, -0.05) is 53.0 Å². The summed E-state index contributed by atoms with van der Waals surface area (Å²) in [6, 6.07) is 8.27. The number of hydrogen-bond acceptors (Lipinski definition) is 4. The minimum Gasteiger partial charge on any atom is -0.444 e. The van der Waals surface area contributed by atoms with Crippen LogP contribution in [0.2, 0.25) is 15.1 Å². The van der Waals surface area contributed by atoms with Gasteiger partial charge >= 0.3 is 6.09 Å². The smallest absolute Gasteiger partial charge is 0.414 e. The molecule has 2 aliphatic heterocycles. The molecule has 1 fully saturated rings. The van der Waals surface area contributed by atoms with Crippen molar-refractivity contribution in [1.29, 1.82) is 0 Å². The van der Waals surface area contributed by atoms with E-state index in [0.717, 1.165) is 16.8 Å². The van der Waals surface area contributed by atoms with Crippen molar-refractivity contribution in [2.45, 2.75) is 37.3 Å². The van der Waals surface area contributed by atoms with Crippen LogP contribution in [0.15, 0.2) is 35.2 Å². The predicted molar refractivity (Wildman–Crippen MR) is 117 cm³/mol. The fraction of sp³-hybridized carbons (Fsp3) is 0.350. The molecule has 0 unspecified atom stereocenters. The summed E-state index contributed by atoms with van der Waals surface area (Å²) in [5, 5.41) is 0.338. The van der Waals surface area contributed by atoms with Crippen molar-refractivity contribution in [3.63, 3.8) is 0 Å². The Morgan fingerprint density at radius 3 is 2.40 bits per heavy atom. The van der Waals surface area contributed by atoms with Gasteiger partial charge < -0.3 is 4.74 Å². The summed E-state index contributed by atoms with van der Waals surface area (Å²) in [5.41, 5.74) is 2.80. The first-order valence-corrected chi connectivity index (χ1v) is 12.0. The lowest BCUT2D eigenvalue weighted by atomic mass is 10.00. The number of ether oxygens (including phenoxy) is 1. The molecule has 10 heteroatoms. The van der Waals surface area contributed by atoms with Gasteiger partial charge in [-0.25, -0.2) is 13.2 Å². The van der Waals surface area contributed by atoms with Crippen LogP contribution < -0.4 is 4.90 Å². The van der Waals surface area contributed by atoms with Crippen LogP contribution in [0.3, 0.4) is 0 Å². The highest BCUT2D eigenvalue weighted by atomic mass is 35.5. The van der Waals surface area contributed by atoms with Crippen molar-refractivity contribution in [2.24, 2.45) is 0 Å². The lowest BCUT2D eigenvalue weighted by Crippen LogP contribution is -2.50. The molecule has 0 aromatic heterocycles. The van der Waals surface area contributed by atoms with E-state index in [2.05, 4.69) is 0 Å². The number of sulfonamides is 1. The number of hydrogen-bond donors (Lipinski definition) is 0. The van der Waals surface area contributed by atoms with Crippen LogP contribution in [0.5, 0.6) is 0 Å². The van der Waals surface area contributed by atoms with Gasteiger partial charge in [0, 0.05) is 24.7 Å². The average Bonchev–Trinajstić information content (AvgIpc) is 2.71. The van der Waals surface area contributed by atoms with Gasteiger partial charge in [0.2, 0.25) is 10.0 Å². The maximum Gasteiger partial charge on any atom is 0.414 e. The third kappa shape index (κ3) is 3.78. The number of cyclic esters (lactones) is 1. The number of halogens is 3. The van der Waals surface area contributed by atoms with Crippen LogP contribution in [0.4, 0.5) is 10.5 Å². The quantitative estimate of drug-likeness (QED) is 0.551. The molecule has 1 amide bonds. The molecule has 0 aliphatic carbocycles. The molecular weight excluding hydrogens is 471 g/mol. The predicted octanol–water partition coefficient (Wildman–Crippen LogP) is 5.27.